The molecule has 0 unspecified atom stereocenters. The van der Waals surface area contributed by atoms with Gasteiger partial charge in [0.25, 0.3) is 0 Å². The maximum absolute atomic E-state index is 11.3. The first-order chi connectivity index (χ1) is 6.24. The van der Waals surface area contributed by atoms with Crippen LogP contribution in [0.2, 0.25) is 0 Å². The van der Waals surface area contributed by atoms with E-state index in [0.29, 0.717) is 0 Å². The molecule has 0 aromatic heterocycles. The van der Waals surface area contributed by atoms with Crippen LogP contribution in [-0.2, 0) is 9.53 Å². The highest BCUT2D eigenvalue weighted by Gasteiger charge is 2.24. The Labute approximate surface area is 78.5 Å². The Bertz CT molecular complexity index is 164. The molecule has 1 rings (SSSR count). The molecule has 0 aromatic carbocycles. The van der Waals surface area contributed by atoms with Gasteiger partial charge in [-0.1, -0.05) is 0 Å². The van der Waals surface area contributed by atoms with Crippen molar-refractivity contribution in [1.29, 1.82) is 0 Å². The molecular formula is C9H17NO3. The molecule has 1 aliphatic rings. The average molecular weight is 187 g/mol. The zero-order valence-electron chi connectivity index (χ0n) is 8.03. The molecule has 0 spiro atoms. The first-order valence-corrected chi connectivity index (χ1v) is 4.70. The lowest BCUT2D eigenvalue weighted by molar-refractivity contribution is -0.151. The molecular weight excluding hydrogens is 170 g/mol. The number of carbonyl (C=O) groups excluding carboxylic acids is 1. The maximum atomic E-state index is 11.3. The maximum Gasteiger partial charge on any atom is 0.309 e. The minimum absolute atomic E-state index is 0.0442. The van der Waals surface area contributed by atoms with Crippen molar-refractivity contribution in [3.05, 3.63) is 0 Å². The Kier molecular flexibility index (Phi) is 4.18. The van der Waals surface area contributed by atoms with Crippen LogP contribution in [0.4, 0.5) is 0 Å². The van der Waals surface area contributed by atoms with Gasteiger partial charge >= 0.3 is 5.97 Å². The molecule has 1 fully saturated rings. The fraction of sp³-hybridized carbons (Fsp3) is 0.889. The number of aliphatic hydroxyl groups is 1. The van der Waals surface area contributed by atoms with Crippen LogP contribution in [0.5, 0.6) is 0 Å². The van der Waals surface area contributed by atoms with Gasteiger partial charge in [-0.05, 0) is 33.0 Å². The summed E-state index contributed by atoms with van der Waals surface area (Å²) in [6, 6.07) is 0. The first-order valence-electron chi connectivity index (χ1n) is 4.70. The fourth-order valence-corrected chi connectivity index (χ4v) is 1.51. The summed E-state index contributed by atoms with van der Waals surface area (Å²) in [5, 5.41) is 8.47. The number of hydrogen-bond acceptors (Lipinski definition) is 4. The SMILES string of the molecule is CN1CCC(C(=O)OCCO)CC1. The van der Waals surface area contributed by atoms with Gasteiger partial charge < -0.3 is 14.7 Å². The smallest absolute Gasteiger partial charge is 0.309 e. The summed E-state index contributed by atoms with van der Waals surface area (Å²) in [7, 11) is 2.05. The Morgan fingerprint density at radius 3 is 2.69 bits per heavy atom. The van der Waals surface area contributed by atoms with E-state index >= 15 is 0 Å². The van der Waals surface area contributed by atoms with Crippen molar-refractivity contribution < 1.29 is 14.6 Å². The molecule has 1 N–H and O–H groups in total. The van der Waals surface area contributed by atoms with E-state index in [9.17, 15) is 4.79 Å². The molecule has 1 saturated heterocycles. The van der Waals surface area contributed by atoms with Gasteiger partial charge in [-0.15, -0.1) is 0 Å². The lowest BCUT2D eigenvalue weighted by atomic mass is 9.97. The van der Waals surface area contributed by atoms with Crippen LogP contribution in [0.15, 0.2) is 0 Å². The van der Waals surface area contributed by atoms with Crippen molar-refractivity contribution in [2.75, 3.05) is 33.4 Å². The third-order valence-electron chi connectivity index (χ3n) is 2.39. The summed E-state index contributed by atoms with van der Waals surface area (Å²) >= 11 is 0. The summed E-state index contributed by atoms with van der Waals surface area (Å²) < 4.78 is 4.86. The highest BCUT2D eigenvalue weighted by molar-refractivity contribution is 5.72. The van der Waals surface area contributed by atoms with Crippen LogP contribution >= 0.6 is 0 Å². The molecule has 0 radical (unpaired) electrons. The van der Waals surface area contributed by atoms with Crippen LogP contribution < -0.4 is 0 Å². The Morgan fingerprint density at radius 1 is 1.54 bits per heavy atom. The number of rotatable bonds is 3. The molecule has 1 heterocycles. The normalized spacial score (nSPS) is 20.2. The predicted molar refractivity (Wildman–Crippen MR) is 48.3 cm³/mol. The van der Waals surface area contributed by atoms with Gasteiger partial charge in [0.2, 0.25) is 0 Å². The standard InChI is InChI=1S/C9H17NO3/c1-10-4-2-8(3-5-10)9(12)13-7-6-11/h8,11H,2-7H2,1H3. The zero-order chi connectivity index (χ0) is 9.68. The summed E-state index contributed by atoms with van der Waals surface area (Å²) in [6.45, 7) is 1.96. The lowest BCUT2D eigenvalue weighted by Crippen LogP contribution is -2.34. The lowest BCUT2D eigenvalue weighted by Gasteiger charge is -2.27. The number of ether oxygens (including phenoxy) is 1. The Balaban J connectivity index is 2.23. The molecule has 0 atom stereocenters. The summed E-state index contributed by atoms with van der Waals surface area (Å²) in [6.07, 6.45) is 1.75. The van der Waals surface area contributed by atoms with Crippen LogP contribution in [0, 0.1) is 5.92 Å². The molecule has 13 heavy (non-hydrogen) atoms. The fourth-order valence-electron chi connectivity index (χ4n) is 1.51. The summed E-state index contributed by atoms with van der Waals surface area (Å²) in [5.74, 6) is -0.107. The topological polar surface area (TPSA) is 49.8 Å². The van der Waals surface area contributed by atoms with Gasteiger partial charge in [0.05, 0.1) is 12.5 Å². The van der Waals surface area contributed by atoms with E-state index in [1.165, 1.54) is 0 Å². The van der Waals surface area contributed by atoms with E-state index in [1.807, 2.05) is 0 Å². The average Bonchev–Trinajstić information content (AvgIpc) is 2.15. The van der Waals surface area contributed by atoms with Crippen molar-refractivity contribution in [3.63, 3.8) is 0 Å². The number of likely N-dealkylation sites (tertiary alicyclic amines) is 1. The predicted octanol–water partition coefficient (Wildman–Crippen LogP) is -0.136. The van der Waals surface area contributed by atoms with Gasteiger partial charge in [-0.3, -0.25) is 4.79 Å². The van der Waals surface area contributed by atoms with Crippen LogP contribution in [-0.4, -0.2) is 49.3 Å². The molecule has 0 bridgehead atoms. The van der Waals surface area contributed by atoms with E-state index in [2.05, 4.69) is 11.9 Å². The molecule has 76 valence electrons. The second-order valence-electron chi connectivity index (χ2n) is 3.47. The summed E-state index contributed by atoms with van der Waals surface area (Å²) in [4.78, 5) is 13.5. The number of piperidine rings is 1. The van der Waals surface area contributed by atoms with Crippen LogP contribution in [0.3, 0.4) is 0 Å². The third kappa shape index (κ3) is 3.32. The monoisotopic (exact) mass is 187 g/mol. The summed E-state index contributed by atoms with van der Waals surface area (Å²) in [5.41, 5.74) is 0. The Morgan fingerprint density at radius 2 is 2.15 bits per heavy atom. The quantitative estimate of drug-likeness (QED) is 0.625. The minimum atomic E-state index is -0.151. The number of hydrogen-bond donors (Lipinski definition) is 1. The van der Waals surface area contributed by atoms with E-state index in [-0.39, 0.29) is 25.1 Å². The van der Waals surface area contributed by atoms with E-state index < -0.39 is 0 Å². The molecule has 0 aromatic rings. The number of esters is 1. The van der Waals surface area contributed by atoms with Gasteiger partial charge in [0, 0.05) is 0 Å². The largest absolute Gasteiger partial charge is 0.463 e. The molecule has 0 saturated carbocycles. The van der Waals surface area contributed by atoms with Crippen molar-refractivity contribution in [1.82, 2.24) is 4.90 Å². The van der Waals surface area contributed by atoms with E-state index in [1.54, 1.807) is 0 Å². The van der Waals surface area contributed by atoms with Crippen LogP contribution in [0.1, 0.15) is 12.8 Å². The van der Waals surface area contributed by atoms with Gasteiger partial charge in [-0.2, -0.15) is 0 Å². The minimum Gasteiger partial charge on any atom is -0.463 e. The van der Waals surface area contributed by atoms with E-state index in [4.69, 9.17) is 9.84 Å². The van der Waals surface area contributed by atoms with Gasteiger partial charge in [-0.25, -0.2) is 0 Å². The number of carbonyl (C=O) groups is 1. The number of aliphatic hydroxyl groups excluding tert-OH is 1. The van der Waals surface area contributed by atoms with Crippen molar-refractivity contribution >= 4 is 5.97 Å². The highest BCUT2D eigenvalue weighted by Crippen LogP contribution is 2.17. The molecule has 4 nitrogen and oxygen atoms in total. The zero-order valence-corrected chi connectivity index (χ0v) is 8.03. The van der Waals surface area contributed by atoms with Crippen molar-refractivity contribution in [2.24, 2.45) is 5.92 Å². The van der Waals surface area contributed by atoms with Crippen molar-refractivity contribution in [2.45, 2.75) is 12.8 Å². The number of nitrogens with zero attached hydrogens (tertiary/aromatic N) is 1. The first kappa shape index (κ1) is 10.5. The van der Waals surface area contributed by atoms with Crippen molar-refractivity contribution in [3.8, 4) is 0 Å². The third-order valence-corrected chi connectivity index (χ3v) is 2.39. The molecule has 0 amide bonds. The molecule has 1 aliphatic heterocycles. The Hall–Kier alpha value is -0.610. The van der Waals surface area contributed by atoms with Gasteiger partial charge in [0.1, 0.15) is 6.61 Å². The molecule has 4 heteroatoms. The second-order valence-corrected chi connectivity index (χ2v) is 3.47. The van der Waals surface area contributed by atoms with Crippen LogP contribution in [0.25, 0.3) is 0 Å². The molecule has 0 aliphatic carbocycles. The van der Waals surface area contributed by atoms with E-state index in [0.717, 1.165) is 25.9 Å². The second kappa shape index (κ2) is 5.19. The van der Waals surface area contributed by atoms with Gasteiger partial charge in [0.15, 0.2) is 0 Å². The highest BCUT2D eigenvalue weighted by atomic mass is 16.5.